The number of rotatable bonds is 4. The van der Waals surface area contributed by atoms with Crippen LogP contribution in [0.15, 0.2) is 54.7 Å². The number of amides is 2. The number of fused-ring (bicyclic) bond motifs is 1. The molecule has 0 bridgehead atoms. The van der Waals surface area contributed by atoms with E-state index in [-0.39, 0.29) is 25.0 Å². The summed E-state index contributed by atoms with van der Waals surface area (Å²) in [6, 6.07) is 10.6. The smallest absolute Gasteiger partial charge is 0.416 e. The molecule has 2 N–H and O–H groups in total. The molecule has 2 heterocycles. The van der Waals surface area contributed by atoms with Crippen LogP contribution in [0, 0.1) is 10.1 Å². The van der Waals surface area contributed by atoms with Gasteiger partial charge in [-0.1, -0.05) is 24.3 Å². The number of urea groups is 1. The minimum absolute atomic E-state index is 0.106. The number of aromatic nitrogens is 2. The summed E-state index contributed by atoms with van der Waals surface area (Å²) in [7, 11) is 0. The van der Waals surface area contributed by atoms with Gasteiger partial charge in [-0.25, -0.2) is 4.79 Å². The van der Waals surface area contributed by atoms with Crippen LogP contribution in [0.3, 0.4) is 0 Å². The second-order valence-corrected chi connectivity index (χ2v) is 7.05. The molecule has 0 saturated carbocycles. The Morgan fingerprint density at radius 2 is 1.75 bits per heavy atom. The van der Waals surface area contributed by atoms with Crippen LogP contribution in [-0.4, -0.2) is 33.2 Å². The highest BCUT2D eigenvalue weighted by molar-refractivity contribution is 5.89. The molecule has 0 radical (unpaired) electrons. The van der Waals surface area contributed by atoms with Crippen molar-refractivity contribution in [2.75, 3.05) is 11.9 Å². The molecule has 0 saturated heterocycles. The van der Waals surface area contributed by atoms with Crippen LogP contribution in [0.25, 0.3) is 11.1 Å². The number of ether oxygens (including phenoxy) is 1. The number of carbonyl (C=O) groups excluding carboxylic acids is 1. The number of carbonyl (C=O) groups is 1. The SMILES string of the molecule is O=C(Nc1ccc(-c2ccc(C(F)(F)F)cc2)cc1)N[C@@H]1COc2nc([N+](=O)[O-])cn2C1. The van der Waals surface area contributed by atoms with E-state index in [9.17, 15) is 28.1 Å². The van der Waals surface area contributed by atoms with Crippen molar-refractivity contribution in [3.8, 4) is 17.1 Å². The predicted molar refractivity (Wildman–Crippen MR) is 107 cm³/mol. The fraction of sp³-hybridized carbons (Fsp3) is 0.200. The van der Waals surface area contributed by atoms with Crippen molar-refractivity contribution >= 4 is 17.5 Å². The van der Waals surface area contributed by atoms with Crippen LogP contribution in [0.1, 0.15) is 5.56 Å². The zero-order chi connectivity index (χ0) is 22.9. The van der Waals surface area contributed by atoms with E-state index in [0.29, 0.717) is 16.8 Å². The molecule has 9 nitrogen and oxygen atoms in total. The first-order valence-electron chi connectivity index (χ1n) is 9.38. The number of hydrogen-bond acceptors (Lipinski definition) is 5. The van der Waals surface area contributed by atoms with Gasteiger partial charge in [-0.2, -0.15) is 13.2 Å². The van der Waals surface area contributed by atoms with Gasteiger partial charge in [0, 0.05) is 10.7 Å². The Kier molecular flexibility index (Phi) is 5.43. The first-order chi connectivity index (χ1) is 15.2. The molecule has 1 aliphatic rings. The van der Waals surface area contributed by atoms with E-state index < -0.39 is 28.7 Å². The lowest BCUT2D eigenvalue weighted by Gasteiger charge is -2.23. The predicted octanol–water partition coefficient (Wildman–Crippen LogP) is 4.06. The Labute approximate surface area is 179 Å². The number of benzene rings is 2. The summed E-state index contributed by atoms with van der Waals surface area (Å²) in [6.07, 6.45) is -3.15. The molecule has 0 unspecified atom stereocenters. The van der Waals surface area contributed by atoms with E-state index >= 15 is 0 Å². The third-order valence-corrected chi connectivity index (χ3v) is 4.77. The fourth-order valence-corrected chi connectivity index (χ4v) is 3.22. The Bertz CT molecular complexity index is 1140. The van der Waals surface area contributed by atoms with Crippen LogP contribution >= 0.6 is 0 Å². The molecule has 2 amide bonds. The Balaban J connectivity index is 1.34. The quantitative estimate of drug-likeness (QED) is 0.463. The molecule has 1 atom stereocenters. The van der Waals surface area contributed by atoms with Gasteiger partial charge in [0.1, 0.15) is 12.8 Å². The molecular formula is C20H16F3N5O4. The molecule has 32 heavy (non-hydrogen) atoms. The molecule has 1 aliphatic heterocycles. The first-order valence-corrected chi connectivity index (χ1v) is 9.38. The van der Waals surface area contributed by atoms with Crippen LogP contribution < -0.4 is 15.4 Å². The topological polar surface area (TPSA) is 111 Å². The molecular weight excluding hydrogens is 431 g/mol. The molecule has 4 rings (SSSR count). The largest absolute Gasteiger partial charge is 0.444 e. The highest BCUT2D eigenvalue weighted by Gasteiger charge is 2.30. The number of hydrogen-bond donors (Lipinski definition) is 2. The van der Waals surface area contributed by atoms with Gasteiger partial charge in [-0.15, -0.1) is 0 Å². The molecule has 2 aromatic carbocycles. The van der Waals surface area contributed by atoms with Gasteiger partial charge in [0.2, 0.25) is 0 Å². The summed E-state index contributed by atoms with van der Waals surface area (Å²) in [4.78, 5) is 26.2. The summed E-state index contributed by atoms with van der Waals surface area (Å²) in [5.74, 6) is -0.335. The third kappa shape index (κ3) is 4.63. The molecule has 1 aromatic heterocycles. The van der Waals surface area contributed by atoms with Crippen molar-refractivity contribution in [2.45, 2.75) is 18.8 Å². The normalized spacial score (nSPS) is 15.4. The van der Waals surface area contributed by atoms with Crippen LogP contribution in [0.2, 0.25) is 0 Å². The zero-order valence-corrected chi connectivity index (χ0v) is 16.3. The van der Waals surface area contributed by atoms with Gasteiger partial charge in [-0.3, -0.25) is 4.57 Å². The van der Waals surface area contributed by atoms with Gasteiger partial charge in [0.25, 0.3) is 0 Å². The van der Waals surface area contributed by atoms with Crippen LogP contribution in [0.4, 0.5) is 29.5 Å². The molecule has 0 aliphatic carbocycles. The van der Waals surface area contributed by atoms with Crippen molar-refractivity contribution in [3.05, 3.63) is 70.4 Å². The van der Waals surface area contributed by atoms with E-state index in [1.54, 1.807) is 24.3 Å². The number of anilines is 1. The van der Waals surface area contributed by atoms with Crippen molar-refractivity contribution < 1.29 is 27.6 Å². The summed E-state index contributed by atoms with van der Waals surface area (Å²) < 4.78 is 44.9. The van der Waals surface area contributed by atoms with Crippen molar-refractivity contribution in [3.63, 3.8) is 0 Å². The van der Waals surface area contributed by atoms with Crippen molar-refractivity contribution in [2.24, 2.45) is 0 Å². The highest BCUT2D eigenvalue weighted by atomic mass is 19.4. The monoisotopic (exact) mass is 447 g/mol. The lowest BCUT2D eigenvalue weighted by Crippen LogP contribution is -2.46. The second kappa shape index (κ2) is 8.21. The van der Waals surface area contributed by atoms with Gasteiger partial charge in [-0.05, 0) is 40.3 Å². The molecule has 12 heteroatoms. The lowest BCUT2D eigenvalue weighted by atomic mass is 10.0. The highest BCUT2D eigenvalue weighted by Crippen LogP contribution is 2.31. The Morgan fingerprint density at radius 3 is 2.34 bits per heavy atom. The minimum atomic E-state index is -4.39. The van der Waals surface area contributed by atoms with E-state index in [0.717, 1.165) is 12.1 Å². The van der Waals surface area contributed by atoms with Gasteiger partial charge < -0.3 is 25.5 Å². The van der Waals surface area contributed by atoms with E-state index in [1.165, 1.54) is 22.9 Å². The summed E-state index contributed by atoms with van der Waals surface area (Å²) in [5, 5.41) is 16.2. The van der Waals surface area contributed by atoms with Crippen LogP contribution in [-0.2, 0) is 12.7 Å². The van der Waals surface area contributed by atoms with E-state index in [4.69, 9.17) is 4.74 Å². The zero-order valence-electron chi connectivity index (χ0n) is 16.3. The minimum Gasteiger partial charge on any atom is -0.444 e. The maximum absolute atomic E-state index is 12.7. The number of halogens is 3. The number of nitrogens with zero attached hydrogens (tertiary/aromatic N) is 3. The first kappa shape index (κ1) is 21.2. The fourth-order valence-electron chi connectivity index (χ4n) is 3.22. The number of alkyl halides is 3. The molecule has 166 valence electrons. The number of imidazole rings is 1. The third-order valence-electron chi connectivity index (χ3n) is 4.77. The van der Waals surface area contributed by atoms with E-state index in [1.807, 2.05) is 0 Å². The second-order valence-electron chi connectivity index (χ2n) is 7.05. The van der Waals surface area contributed by atoms with E-state index in [2.05, 4.69) is 15.6 Å². The Hall–Kier alpha value is -4.09. The summed E-state index contributed by atoms with van der Waals surface area (Å²) in [6.45, 7) is 0.366. The molecule has 0 fully saturated rings. The summed E-state index contributed by atoms with van der Waals surface area (Å²) in [5.41, 5.74) is 1.06. The molecule has 0 spiro atoms. The standard InChI is InChI=1S/C20H16F3N5O4/c21-20(22,23)14-5-1-12(2-6-14)13-3-7-15(8-4-13)24-18(29)25-16-9-27-10-17(28(30)31)26-19(27)32-11-16/h1-8,10,16H,9,11H2,(H2,24,25,29)/t16-/m0/s1. The number of nitro groups is 1. The van der Waals surface area contributed by atoms with Crippen molar-refractivity contribution in [1.82, 2.24) is 14.9 Å². The average molecular weight is 447 g/mol. The maximum atomic E-state index is 12.7. The lowest BCUT2D eigenvalue weighted by molar-refractivity contribution is -0.389. The van der Waals surface area contributed by atoms with Gasteiger partial charge in [0.15, 0.2) is 0 Å². The Morgan fingerprint density at radius 1 is 1.12 bits per heavy atom. The number of nitrogens with one attached hydrogen (secondary N) is 2. The van der Waals surface area contributed by atoms with Crippen molar-refractivity contribution in [1.29, 1.82) is 0 Å². The van der Waals surface area contributed by atoms with Gasteiger partial charge in [0.05, 0.1) is 18.2 Å². The molecule has 3 aromatic rings. The van der Waals surface area contributed by atoms with Gasteiger partial charge >= 0.3 is 24.0 Å². The maximum Gasteiger partial charge on any atom is 0.416 e. The summed E-state index contributed by atoms with van der Waals surface area (Å²) >= 11 is 0. The van der Waals surface area contributed by atoms with Crippen LogP contribution in [0.5, 0.6) is 6.01 Å². The average Bonchev–Trinajstić information content (AvgIpc) is 3.18.